The quantitative estimate of drug-likeness (QED) is 0.508. The normalized spacial score (nSPS) is 10.6. The molecule has 4 nitrogen and oxygen atoms in total. The second kappa shape index (κ2) is 4.90. The number of carbonyl (C=O) groups excluding carboxylic acids is 2. The van der Waals surface area contributed by atoms with Gasteiger partial charge in [0.2, 0.25) is 0 Å². The van der Waals surface area contributed by atoms with E-state index in [1.807, 2.05) is 0 Å². The van der Waals surface area contributed by atoms with Crippen molar-refractivity contribution in [3.8, 4) is 0 Å². The zero-order chi connectivity index (χ0) is 8.85. The number of esters is 2. The minimum absolute atomic E-state index is 0.0341. The van der Waals surface area contributed by atoms with Crippen molar-refractivity contribution in [1.82, 2.24) is 0 Å². The van der Waals surface area contributed by atoms with Crippen LogP contribution in [-0.2, 0) is 19.1 Å². The zero-order valence-corrected chi connectivity index (χ0v) is 7.67. The maximum Gasteiger partial charge on any atom is 0.345 e. The molecule has 0 aliphatic heterocycles. The van der Waals surface area contributed by atoms with Gasteiger partial charge in [-0.1, -0.05) is 0 Å². The number of hydrogen-bond acceptors (Lipinski definition) is 4. The average molecular weight is 223 g/mol. The monoisotopic (exact) mass is 222 g/mol. The molecule has 11 heavy (non-hydrogen) atoms. The molecule has 0 aromatic carbocycles. The maximum absolute atomic E-state index is 10.6. The molecule has 0 saturated carbocycles. The summed E-state index contributed by atoms with van der Waals surface area (Å²) in [5, 5.41) is 0. The van der Waals surface area contributed by atoms with E-state index in [2.05, 4.69) is 25.4 Å². The summed E-state index contributed by atoms with van der Waals surface area (Å²) in [6.45, 7) is 0. The summed E-state index contributed by atoms with van der Waals surface area (Å²) in [5.74, 6) is -1.22. The van der Waals surface area contributed by atoms with E-state index < -0.39 is 11.9 Å². The SMILES string of the molecule is COC(=O)/C=C(/Br)C(=O)OC. The van der Waals surface area contributed by atoms with E-state index >= 15 is 0 Å². The summed E-state index contributed by atoms with van der Waals surface area (Å²) in [4.78, 5) is 21.1. The number of methoxy groups -OCH3 is 2. The highest BCUT2D eigenvalue weighted by molar-refractivity contribution is 9.12. The van der Waals surface area contributed by atoms with Gasteiger partial charge in [-0.15, -0.1) is 0 Å². The molecule has 0 spiro atoms. The van der Waals surface area contributed by atoms with Gasteiger partial charge >= 0.3 is 11.9 Å². The van der Waals surface area contributed by atoms with Gasteiger partial charge in [0.15, 0.2) is 0 Å². The third-order valence-corrected chi connectivity index (χ3v) is 1.38. The molecule has 0 aromatic heterocycles. The lowest BCUT2D eigenvalue weighted by Crippen LogP contribution is -2.03. The van der Waals surface area contributed by atoms with E-state index in [-0.39, 0.29) is 4.48 Å². The van der Waals surface area contributed by atoms with Crippen molar-refractivity contribution >= 4 is 27.9 Å². The number of hydrogen-bond donors (Lipinski definition) is 0. The van der Waals surface area contributed by atoms with Crippen LogP contribution in [0.15, 0.2) is 10.6 Å². The Morgan fingerprint density at radius 2 is 1.82 bits per heavy atom. The number of carbonyl (C=O) groups is 2. The standard InChI is InChI=1S/C6H7BrO4/c1-10-5(8)3-4(7)6(9)11-2/h3H,1-2H3/b4-3+. The molecule has 0 heterocycles. The second-order valence-corrected chi connectivity index (χ2v) is 2.36. The van der Waals surface area contributed by atoms with Crippen LogP contribution in [0.4, 0.5) is 0 Å². The summed E-state index contributed by atoms with van der Waals surface area (Å²) in [7, 11) is 2.44. The average Bonchev–Trinajstić information content (AvgIpc) is 2.02. The predicted molar refractivity (Wildman–Crippen MR) is 41.0 cm³/mol. The minimum atomic E-state index is -0.615. The van der Waals surface area contributed by atoms with E-state index in [0.29, 0.717) is 0 Å². The van der Waals surface area contributed by atoms with Crippen LogP contribution in [0.5, 0.6) is 0 Å². The molecule has 0 bridgehead atoms. The van der Waals surface area contributed by atoms with Crippen LogP contribution in [0.1, 0.15) is 0 Å². The van der Waals surface area contributed by atoms with Crippen molar-refractivity contribution in [1.29, 1.82) is 0 Å². The molecule has 0 N–H and O–H groups in total. The molecule has 0 aromatic rings. The lowest BCUT2D eigenvalue weighted by Gasteiger charge is -1.95. The molecule has 0 aliphatic carbocycles. The van der Waals surface area contributed by atoms with Crippen molar-refractivity contribution in [3.05, 3.63) is 10.6 Å². The lowest BCUT2D eigenvalue weighted by molar-refractivity contribution is -0.137. The minimum Gasteiger partial charge on any atom is -0.466 e. The molecule has 0 amide bonds. The van der Waals surface area contributed by atoms with Crippen LogP contribution < -0.4 is 0 Å². The molecular weight excluding hydrogens is 216 g/mol. The molecular formula is C6H7BrO4. The molecule has 0 aliphatic rings. The van der Waals surface area contributed by atoms with Gasteiger partial charge in [-0.3, -0.25) is 0 Å². The first-order chi connectivity index (χ1) is 5.11. The van der Waals surface area contributed by atoms with Gasteiger partial charge in [0.25, 0.3) is 0 Å². The van der Waals surface area contributed by atoms with Crippen molar-refractivity contribution < 1.29 is 19.1 Å². The van der Waals surface area contributed by atoms with Crippen LogP contribution in [0.3, 0.4) is 0 Å². The smallest absolute Gasteiger partial charge is 0.345 e. The second-order valence-electron chi connectivity index (χ2n) is 1.51. The van der Waals surface area contributed by atoms with Crippen LogP contribution in [-0.4, -0.2) is 26.2 Å². The lowest BCUT2D eigenvalue weighted by atomic mass is 10.5. The van der Waals surface area contributed by atoms with Crippen LogP contribution in [0, 0.1) is 0 Å². The van der Waals surface area contributed by atoms with Crippen molar-refractivity contribution in [2.45, 2.75) is 0 Å². The first-order valence-corrected chi connectivity index (χ1v) is 3.44. The van der Waals surface area contributed by atoms with Gasteiger partial charge in [-0.2, -0.15) is 0 Å². The van der Waals surface area contributed by atoms with E-state index in [4.69, 9.17) is 0 Å². The Labute approximate surface area is 72.3 Å². The third kappa shape index (κ3) is 3.77. The largest absolute Gasteiger partial charge is 0.466 e. The third-order valence-electron chi connectivity index (χ3n) is 0.826. The molecule has 62 valence electrons. The summed E-state index contributed by atoms with van der Waals surface area (Å²) in [6.07, 6.45) is 0.992. The molecule has 0 fully saturated rings. The van der Waals surface area contributed by atoms with Crippen LogP contribution >= 0.6 is 15.9 Å². The van der Waals surface area contributed by atoms with Crippen molar-refractivity contribution in [3.63, 3.8) is 0 Å². The first-order valence-electron chi connectivity index (χ1n) is 2.65. The fraction of sp³-hybridized carbons (Fsp3) is 0.333. The Morgan fingerprint density at radius 1 is 1.27 bits per heavy atom. The molecule has 0 saturated heterocycles. The van der Waals surface area contributed by atoms with E-state index in [9.17, 15) is 9.59 Å². The van der Waals surface area contributed by atoms with Gasteiger partial charge in [0, 0.05) is 6.08 Å². The van der Waals surface area contributed by atoms with Gasteiger partial charge in [0.1, 0.15) is 4.48 Å². The van der Waals surface area contributed by atoms with E-state index in [0.717, 1.165) is 6.08 Å². The van der Waals surface area contributed by atoms with Gasteiger partial charge in [0.05, 0.1) is 14.2 Å². The molecule has 0 unspecified atom stereocenters. The number of halogens is 1. The Hall–Kier alpha value is -0.840. The highest BCUT2D eigenvalue weighted by atomic mass is 79.9. The van der Waals surface area contributed by atoms with Gasteiger partial charge < -0.3 is 9.47 Å². The topological polar surface area (TPSA) is 52.6 Å². The van der Waals surface area contributed by atoms with Gasteiger partial charge in [-0.25, -0.2) is 9.59 Å². The maximum atomic E-state index is 10.6. The molecule has 0 rings (SSSR count). The van der Waals surface area contributed by atoms with Crippen molar-refractivity contribution in [2.75, 3.05) is 14.2 Å². The summed E-state index contributed by atoms with van der Waals surface area (Å²) in [6, 6.07) is 0. The number of ether oxygens (including phenoxy) is 2. The molecule has 5 heteroatoms. The number of rotatable bonds is 2. The fourth-order valence-corrected chi connectivity index (χ4v) is 0.668. The van der Waals surface area contributed by atoms with Crippen LogP contribution in [0.25, 0.3) is 0 Å². The van der Waals surface area contributed by atoms with Gasteiger partial charge in [-0.05, 0) is 15.9 Å². The first kappa shape index (κ1) is 10.2. The Balaban J connectivity index is 4.21. The predicted octanol–water partition coefficient (Wildman–Crippen LogP) is 0.611. The Kier molecular flexibility index (Phi) is 4.52. The Bertz CT molecular complexity index is 197. The fourth-order valence-electron chi connectivity index (χ4n) is 0.319. The highest BCUT2D eigenvalue weighted by Crippen LogP contribution is 2.06. The summed E-state index contributed by atoms with van der Waals surface area (Å²) in [5.41, 5.74) is 0. The summed E-state index contributed by atoms with van der Waals surface area (Å²) < 4.78 is 8.59. The van der Waals surface area contributed by atoms with E-state index in [1.54, 1.807) is 0 Å². The zero-order valence-electron chi connectivity index (χ0n) is 6.09. The van der Waals surface area contributed by atoms with E-state index in [1.165, 1.54) is 14.2 Å². The molecule has 0 atom stereocenters. The highest BCUT2D eigenvalue weighted by Gasteiger charge is 2.07. The van der Waals surface area contributed by atoms with Crippen molar-refractivity contribution in [2.24, 2.45) is 0 Å². The van der Waals surface area contributed by atoms with Crippen LogP contribution in [0.2, 0.25) is 0 Å². The molecule has 0 radical (unpaired) electrons. The Morgan fingerprint density at radius 3 is 2.18 bits per heavy atom. The summed E-state index contributed by atoms with van der Waals surface area (Å²) >= 11 is 2.83.